The van der Waals surface area contributed by atoms with Gasteiger partial charge in [0, 0.05) is 30.5 Å². The third-order valence-corrected chi connectivity index (χ3v) is 2.85. The number of rotatable bonds is 4. The van der Waals surface area contributed by atoms with E-state index in [1.54, 1.807) is 0 Å². The lowest BCUT2D eigenvalue weighted by Crippen LogP contribution is -2.24. The Bertz CT molecular complexity index is 572. The molecule has 0 aromatic heterocycles. The quantitative estimate of drug-likeness (QED) is 0.789. The molecule has 0 aliphatic rings. The highest BCUT2D eigenvalue weighted by molar-refractivity contribution is 5.27. The van der Waals surface area contributed by atoms with Gasteiger partial charge in [-0.2, -0.15) is 23.7 Å². The van der Waals surface area contributed by atoms with Crippen molar-refractivity contribution in [2.24, 2.45) is 5.41 Å². The lowest BCUT2D eigenvalue weighted by Gasteiger charge is -2.20. The lowest BCUT2D eigenvalue weighted by molar-refractivity contribution is -0.138. The SMILES string of the molecule is N#CC(C#N)(CCC(F)(F)F)Cc1c(F)cc(F)cc1F. The Morgan fingerprint density at radius 1 is 0.905 bits per heavy atom. The molecule has 0 bridgehead atoms. The van der Waals surface area contributed by atoms with Crippen molar-refractivity contribution in [3.8, 4) is 12.1 Å². The predicted molar refractivity (Wildman–Crippen MR) is 59.0 cm³/mol. The summed E-state index contributed by atoms with van der Waals surface area (Å²) >= 11 is 0. The van der Waals surface area contributed by atoms with E-state index in [9.17, 15) is 26.3 Å². The molecule has 0 heterocycles. The monoisotopic (exact) mass is 306 g/mol. The number of hydrogen-bond acceptors (Lipinski definition) is 2. The Balaban J connectivity index is 3.11. The Hall–Kier alpha value is -2.22. The topological polar surface area (TPSA) is 47.6 Å². The molecule has 0 N–H and O–H groups in total. The van der Waals surface area contributed by atoms with Crippen molar-refractivity contribution in [3.63, 3.8) is 0 Å². The molecule has 0 aliphatic heterocycles. The molecule has 0 radical (unpaired) electrons. The predicted octanol–water partition coefficient (Wildman–Crippen LogP) is 4.02. The molecule has 0 amide bonds. The number of benzene rings is 1. The number of nitrogens with zero attached hydrogens (tertiary/aromatic N) is 2. The van der Waals surface area contributed by atoms with Crippen molar-refractivity contribution in [1.29, 1.82) is 10.5 Å². The van der Waals surface area contributed by atoms with Crippen LogP contribution in [-0.2, 0) is 6.42 Å². The fourth-order valence-electron chi connectivity index (χ4n) is 1.70. The fourth-order valence-corrected chi connectivity index (χ4v) is 1.70. The Morgan fingerprint density at radius 2 is 1.38 bits per heavy atom. The smallest absolute Gasteiger partial charge is 0.207 e. The van der Waals surface area contributed by atoms with Gasteiger partial charge >= 0.3 is 6.18 Å². The molecule has 0 spiro atoms. The molecular formula is C13H8F6N2. The molecule has 0 saturated heterocycles. The highest BCUT2D eigenvalue weighted by Crippen LogP contribution is 2.34. The Kier molecular flexibility index (Phi) is 4.84. The molecule has 0 unspecified atom stereocenters. The summed E-state index contributed by atoms with van der Waals surface area (Å²) in [6.07, 6.45) is -7.88. The number of hydrogen-bond donors (Lipinski definition) is 0. The summed E-state index contributed by atoms with van der Waals surface area (Å²) in [7, 11) is 0. The second kappa shape index (κ2) is 6.04. The zero-order valence-electron chi connectivity index (χ0n) is 10.4. The van der Waals surface area contributed by atoms with E-state index in [0.29, 0.717) is 12.1 Å². The van der Waals surface area contributed by atoms with Gasteiger partial charge in [-0.25, -0.2) is 13.2 Å². The number of halogens is 6. The van der Waals surface area contributed by atoms with Gasteiger partial charge in [0.2, 0.25) is 0 Å². The zero-order valence-corrected chi connectivity index (χ0v) is 10.4. The first-order valence-electron chi connectivity index (χ1n) is 5.65. The van der Waals surface area contributed by atoms with Crippen molar-refractivity contribution in [2.45, 2.75) is 25.4 Å². The molecule has 1 rings (SSSR count). The number of alkyl halides is 3. The third kappa shape index (κ3) is 4.38. The van der Waals surface area contributed by atoms with E-state index in [4.69, 9.17) is 10.5 Å². The van der Waals surface area contributed by atoms with Crippen molar-refractivity contribution < 1.29 is 26.3 Å². The normalized spacial score (nSPS) is 11.8. The van der Waals surface area contributed by atoms with Gasteiger partial charge in [-0.05, 0) is 6.42 Å². The van der Waals surface area contributed by atoms with Gasteiger partial charge in [-0.1, -0.05) is 0 Å². The molecule has 0 aliphatic carbocycles. The molecular weight excluding hydrogens is 298 g/mol. The molecule has 21 heavy (non-hydrogen) atoms. The van der Waals surface area contributed by atoms with Gasteiger partial charge in [-0.15, -0.1) is 0 Å². The minimum absolute atomic E-state index is 0.335. The molecule has 8 heteroatoms. The van der Waals surface area contributed by atoms with Crippen LogP contribution in [0, 0.1) is 45.5 Å². The summed E-state index contributed by atoms with van der Waals surface area (Å²) in [5.41, 5.74) is -3.03. The second-order valence-corrected chi connectivity index (χ2v) is 4.45. The largest absolute Gasteiger partial charge is 0.389 e. The molecule has 2 nitrogen and oxygen atoms in total. The summed E-state index contributed by atoms with van der Waals surface area (Å²) in [6, 6.07) is 3.40. The van der Waals surface area contributed by atoms with Gasteiger partial charge in [-0.3, -0.25) is 0 Å². The maximum Gasteiger partial charge on any atom is 0.389 e. The van der Waals surface area contributed by atoms with Crippen LogP contribution < -0.4 is 0 Å². The van der Waals surface area contributed by atoms with Crippen molar-refractivity contribution in [1.82, 2.24) is 0 Å². The van der Waals surface area contributed by atoms with Crippen molar-refractivity contribution in [2.75, 3.05) is 0 Å². The van der Waals surface area contributed by atoms with E-state index in [1.807, 2.05) is 0 Å². The lowest BCUT2D eigenvalue weighted by atomic mass is 9.80. The number of nitriles is 2. The van der Waals surface area contributed by atoms with E-state index >= 15 is 0 Å². The highest BCUT2D eigenvalue weighted by Gasteiger charge is 2.38. The van der Waals surface area contributed by atoms with Crippen LogP contribution >= 0.6 is 0 Å². The summed E-state index contributed by atoms with van der Waals surface area (Å²) in [5, 5.41) is 17.8. The average molecular weight is 306 g/mol. The van der Waals surface area contributed by atoms with Crippen LogP contribution in [-0.4, -0.2) is 6.18 Å². The second-order valence-electron chi connectivity index (χ2n) is 4.45. The van der Waals surface area contributed by atoms with Crippen LogP contribution in [0.1, 0.15) is 18.4 Å². The van der Waals surface area contributed by atoms with Gasteiger partial charge in [0.15, 0.2) is 0 Å². The van der Waals surface area contributed by atoms with Crippen LogP contribution in [0.4, 0.5) is 26.3 Å². The zero-order chi connectivity index (χ0) is 16.3. The average Bonchev–Trinajstić information content (AvgIpc) is 2.37. The highest BCUT2D eigenvalue weighted by atomic mass is 19.4. The van der Waals surface area contributed by atoms with Crippen molar-refractivity contribution in [3.05, 3.63) is 35.1 Å². The van der Waals surface area contributed by atoms with Gasteiger partial charge in [0.25, 0.3) is 0 Å². The minimum Gasteiger partial charge on any atom is -0.207 e. The van der Waals surface area contributed by atoms with E-state index in [1.165, 1.54) is 12.1 Å². The molecule has 112 valence electrons. The van der Waals surface area contributed by atoms with E-state index < -0.39 is 53.9 Å². The van der Waals surface area contributed by atoms with E-state index in [0.717, 1.165) is 0 Å². The summed E-state index contributed by atoms with van der Waals surface area (Å²) in [4.78, 5) is 0. The third-order valence-electron chi connectivity index (χ3n) is 2.85. The van der Waals surface area contributed by atoms with Crippen LogP contribution in [0.3, 0.4) is 0 Å². The van der Waals surface area contributed by atoms with Crippen LogP contribution in [0.15, 0.2) is 12.1 Å². The summed E-state index contributed by atoms with van der Waals surface area (Å²) < 4.78 is 76.3. The van der Waals surface area contributed by atoms with Crippen LogP contribution in [0.5, 0.6) is 0 Å². The van der Waals surface area contributed by atoms with Crippen LogP contribution in [0.2, 0.25) is 0 Å². The first-order chi connectivity index (χ1) is 9.62. The maximum absolute atomic E-state index is 13.5. The summed E-state index contributed by atoms with van der Waals surface area (Å²) in [5.74, 6) is -3.91. The maximum atomic E-state index is 13.5. The fraction of sp³-hybridized carbons (Fsp3) is 0.385. The standard InChI is InChI=1S/C13H8F6N2/c14-8-3-10(15)9(11(16)4-8)5-12(6-20,7-21)1-2-13(17,18)19/h3-4H,1-2,5H2. The van der Waals surface area contributed by atoms with Crippen molar-refractivity contribution >= 4 is 0 Å². The van der Waals surface area contributed by atoms with E-state index in [-0.39, 0.29) is 0 Å². The molecule has 0 atom stereocenters. The minimum atomic E-state index is -4.61. The molecule has 1 aromatic carbocycles. The van der Waals surface area contributed by atoms with E-state index in [2.05, 4.69) is 0 Å². The van der Waals surface area contributed by atoms with Gasteiger partial charge < -0.3 is 0 Å². The first-order valence-corrected chi connectivity index (χ1v) is 5.65. The van der Waals surface area contributed by atoms with Gasteiger partial charge in [0.05, 0.1) is 12.1 Å². The Labute approximate surface area is 116 Å². The molecule has 1 aromatic rings. The van der Waals surface area contributed by atoms with Crippen LogP contribution in [0.25, 0.3) is 0 Å². The summed E-state index contributed by atoms with van der Waals surface area (Å²) in [6.45, 7) is 0. The molecule has 0 saturated carbocycles. The molecule has 0 fully saturated rings. The Morgan fingerprint density at radius 3 is 1.76 bits per heavy atom. The van der Waals surface area contributed by atoms with Gasteiger partial charge in [0.1, 0.15) is 22.9 Å². The first kappa shape index (κ1) is 16.8.